The second-order valence-corrected chi connectivity index (χ2v) is 8.67. The Morgan fingerprint density at radius 2 is 1.69 bits per heavy atom. The van der Waals surface area contributed by atoms with Gasteiger partial charge in [-0.05, 0) is 37.8 Å². The number of nitrogens with zero attached hydrogens (tertiary/aromatic N) is 3. The van der Waals surface area contributed by atoms with Crippen LogP contribution in [0.15, 0.2) is 38.3 Å². The van der Waals surface area contributed by atoms with E-state index >= 15 is 0 Å². The molecule has 0 atom stereocenters. The third-order valence-corrected chi connectivity index (χ3v) is 6.51. The first kappa shape index (κ1) is 20.5. The molecule has 2 aromatic heterocycles. The number of furan rings is 1. The summed E-state index contributed by atoms with van der Waals surface area (Å²) < 4.78 is 7.96. The summed E-state index contributed by atoms with van der Waals surface area (Å²) in [7, 11) is 0. The summed E-state index contributed by atoms with van der Waals surface area (Å²) in [6.07, 6.45) is 5.79. The van der Waals surface area contributed by atoms with E-state index in [-0.39, 0.29) is 30.0 Å². The van der Waals surface area contributed by atoms with Crippen LogP contribution in [0.25, 0.3) is 22.1 Å². The van der Waals surface area contributed by atoms with Gasteiger partial charge in [-0.1, -0.05) is 25.0 Å². The van der Waals surface area contributed by atoms with E-state index in [1.165, 1.54) is 4.57 Å². The highest BCUT2D eigenvalue weighted by molar-refractivity contribution is 6.02. The van der Waals surface area contributed by atoms with Crippen LogP contribution in [0.3, 0.4) is 0 Å². The maximum atomic E-state index is 13.4. The molecule has 0 unspecified atom stereocenters. The zero-order valence-electron chi connectivity index (χ0n) is 17.8. The van der Waals surface area contributed by atoms with Crippen LogP contribution < -0.4 is 16.6 Å². The fourth-order valence-corrected chi connectivity index (χ4v) is 4.87. The molecule has 5 rings (SSSR count). The number of rotatable bonds is 5. The summed E-state index contributed by atoms with van der Waals surface area (Å²) in [6.45, 7) is 0.709. The lowest BCUT2D eigenvalue weighted by atomic mass is 10.2. The van der Waals surface area contributed by atoms with Crippen LogP contribution in [-0.2, 0) is 22.7 Å². The van der Waals surface area contributed by atoms with Crippen molar-refractivity contribution in [1.82, 2.24) is 19.4 Å². The predicted molar refractivity (Wildman–Crippen MR) is 118 cm³/mol. The average molecular weight is 438 g/mol. The molecule has 1 aromatic carbocycles. The third kappa shape index (κ3) is 3.61. The van der Waals surface area contributed by atoms with E-state index in [0.29, 0.717) is 29.6 Å². The monoisotopic (exact) mass is 438 g/mol. The van der Waals surface area contributed by atoms with Crippen LogP contribution in [0.4, 0.5) is 0 Å². The molecule has 3 heterocycles. The lowest BCUT2D eigenvalue weighted by molar-refractivity contribution is -0.130. The van der Waals surface area contributed by atoms with Gasteiger partial charge in [-0.25, -0.2) is 9.36 Å². The first-order valence-electron chi connectivity index (χ1n) is 11.2. The molecule has 9 heteroatoms. The van der Waals surface area contributed by atoms with E-state index in [1.807, 2.05) is 0 Å². The highest BCUT2D eigenvalue weighted by atomic mass is 16.3. The molecule has 1 N–H and O–H groups in total. The Bertz CT molecular complexity index is 1310. The van der Waals surface area contributed by atoms with Crippen molar-refractivity contribution < 1.29 is 14.0 Å². The number of para-hydroxylation sites is 1. The molecule has 1 aliphatic carbocycles. The lowest BCUT2D eigenvalue weighted by Crippen LogP contribution is -2.46. The predicted octanol–water partition coefficient (Wildman–Crippen LogP) is 1.59. The normalized spacial score (nSPS) is 16.9. The van der Waals surface area contributed by atoms with Gasteiger partial charge in [0.25, 0.3) is 5.56 Å². The summed E-state index contributed by atoms with van der Waals surface area (Å²) in [4.78, 5) is 53.8. The number of hydrogen-bond acceptors (Lipinski definition) is 5. The van der Waals surface area contributed by atoms with Crippen LogP contribution in [0, 0.1) is 0 Å². The van der Waals surface area contributed by atoms with Gasteiger partial charge in [-0.3, -0.25) is 19.0 Å². The van der Waals surface area contributed by atoms with Crippen molar-refractivity contribution in [3.8, 4) is 0 Å². The van der Waals surface area contributed by atoms with Crippen LogP contribution in [0.1, 0.15) is 38.5 Å². The van der Waals surface area contributed by atoms with Gasteiger partial charge in [0, 0.05) is 24.5 Å². The number of hydrogen-bond donors (Lipinski definition) is 1. The molecule has 0 spiro atoms. The van der Waals surface area contributed by atoms with Gasteiger partial charge < -0.3 is 14.6 Å². The molecule has 2 fully saturated rings. The van der Waals surface area contributed by atoms with Gasteiger partial charge in [0.05, 0.1) is 0 Å². The first-order chi connectivity index (χ1) is 15.5. The first-order valence-corrected chi connectivity index (χ1v) is 11.2. The second-order valence-electron chi connectivity index (χ2n) is 8.67. The van der Waals surface area contributed by atoms with Crippen molar-refractivity contribution in [1.29, 1.82) is 0 Å². The Labute approximate surface area is 183 Å². The SMILES string of the molecule is O=C(Cn1c(=O)c2oc3ccccc3c2n(CC(=O)N2CCCC2)c1=O)NC1CCCC1. The van der Waals surface area contributed by atoms with Gasteiger partial charge in [-0.15, -0.1) is 0 Å². The molecule has 168 valence electrons. The van der Waals surface area contributed by atoms with Crippen LogP contribution in [0.5, 0.6) is 0 Å². The molecule has 32 heavy (non-hydrogen) atoms. The fraction of sp³-hybridized carbons (Fsp3) is 0.478. The minimum absolute atomic E-state index is 0.0197. The van der Waals surface area contributed by atoms with E-state index < -0.39 is 17.8 Å². The summed E-state index contributed by atoms with van der Waals surface area (Å²) in [5.74, 6) is -0.569. The largest absolute Gasteiger partial charge is 0.449 e. The zero-order chi connectivity index (χ0) is 22.2. The zero-order valence-corrected chi connectivity index (χ0v) is 17.8. The van der Waals surface area contributed by atoms with Crippen LogP contribution in [-0.4, -0.2) is 45.0 Å². The molecule has 0 radical (unpaired) electrons. The topological polar surface area (TPSA) is 107 Å². The number of nitrogens with one attached hydrogen (secondary N) is 1. The maximum absolute atomic E-state index is 13.4. The Morgan fingerprint density at radius 3 is 2.44 bits per heavy atom. The molecule has 1 saturated heterocycles. The van der Waals surface area contributed by atoms with Crippen molar-refractivity contribution in [3.63, 3.8) is 0 Å². The average Bonchev–Trinajstić information content (AvgIpc) is 3.55. The maximum Gasteiger partial charge on any atom is 0.332 e. The van der Waals surface area contributed by atoms with Crippen LogP contribution >= 0.6 is 0 Å². The number of amides is 2. The Balaban J connectivity index is 1.60. The number of likely N-dealkylation sites (tertiary alicyclic amines) is 1. The quantitative estimate of drug-likeness (QED) is 0.651. The van der Waals surface area contributed by atoms with Gasteiger partial charge in [-0.2, -0.15) is 0 Å². The van der Waals surface area contributed by atoms with Crippen molar-refractivity contribution in [2.24, 2.45) is 0 Å². The molecule has 9 nitrogen and oxygen atoms in total. The molecular weight excluding hydrogens is 412 g/mol. The Hall–Kier alpha value is -3.36. The Kier molecular flexibility index (Phi) is 5.32. The Morgan fingerprint density at radius 1 is 0.969 bits per heavy atom. The highest BCUT2D eigenvalue weighted by Crippen LogP contribution is 2.25. The van der Waals surface area contributed by atoms with Gasteiger partial charge in [0.15, 0.2) is 0 Å². The van der Waals surface area contributed by atoms with Gasteiger partial charge in [0.1, 0.15) is 24.2 Å². The van der Waals surface area contributed by atoms with Gasteiger partial charge in [0.2, 0.25) is 17.4 Å². The molecule has 2 amide bonds. The minimum Gasteiger partial charge on any atom is -0.449 e. The minimum atomic E-state index is -0.678. The van der Waals surface area contributed by atoms with E-state index in [2.05, 4.69) is 5.32 Å². The third-order valence-electron chi connectivity index (χ3n) is 6.51. The van der Waals surface area contributed by atoms with Crippen molar-refractivity contribution in [2.75, 3.05) is 13.1 Å². The summed E-state index contributed by atoms with van der Waals surface area (Å²) in [5.41, 5.74) is -0.602. The summed E-state index contributed by atoms with van der Waals surface area (Å²) in [6, 6.07) is 7.11. The number of carbonyl (C=O) groups excluding carboxylic acids is 2. The van der Waals surface area contributed by atoms with E-state index in [9.17, 15) is 19.2 Å². The molecule has 0 bridgehead atoms. The molecule has 1 saturated carbocycles. The van der Waals surface area contributed by atoms with Crippen molar-refractivity contribution in [3.05, 3.63) is 45.1 Å². The summed E-state index contributed by atoms with van der Waals surface area (Å²) >= 11 is 0. The summed E-state index contributed by atoms with van der Waals surface area (Å²) in [5, 5.41) is 3.50. The number of carbonyl (C=O) groups is 2. The molecule has 2 aliphatic rings. The van der Waals surface area contributed by atoms with E-state index in [1.54, 1.807) is 29.2 Å². The number of fused-ring (bicyclic) bond motifs is 3. The van der Waals surface area contributed by atoms with E-state index in [0.717, 1.165) is 43.1 Å². The van der Waals surface area contributed by atoms with Gasteiger partial charge >= 0.3 is 5.69 Å². The lowest BCUT2D eigenvalue weighted by Gasteiger charge is -2.18. The van der Waals surface area contributed by atoms with E-state index in [4.69, 9.17) is 4.42 Å². The molecule has 3 aromatic rings. The van der Waals surface area contributed by atoms with Crippen molar-refractivity contribution in [2.45, 2.75) is 57.7 Å². The fourth-order valence-electron chi connectivity index (χ4n) is 4.87. The van der Waals surface area contributed by atoms with Crippen molar-refractivity contribution >= 4 is 33.9 Å². The van der Waals surface area contributed by atoms with Crippen LogP contribution in [0.2, 0.25) is 0 Å². The molecular formula is C23H26N4O5. The molecule has 1 aliphatic heterocycles. The smallest absolute Gasteiger partial charge is 0.332 e. The number of benzene rings is 1. The second kappa shape index (κ2) is 8.29. The standard InChI is InChI=1S/C23H26N4O5/c28-18(24-15-7-1-2-8-15)13-27-22(30)21-20(16-9-3-4-10-17(16)32-21)26(23(27)31)14-19(29)25-11-5-6-12-25/h3-4,9-10,15H,1-2,5-8,11-14H2,(H,24,28). The highest BCUT2D eigenvalue weighted by Gasteiger charge is 2.25. The number of aromatic nitrogens is 2.